The smallest absolute Gasteiger partial charge is 0.357 e. The van der Waals surface area contributed by atoms with Gasteiger partial charge in [0, 0.05) is 11.3 Å². The SMILES string of the molecule is COC(=O)c1nc(NC(=O)CC[C@@H](C)[C@H]2CC[C@H]3[C@@H]4CC[C@@H]5C[C@H](O)CC[C@]5(C)[C@H]4C[C@H](O)[C@]23C)sc1C(C)C. The van der Waals surface area contributed by atoms with E-state index < -0.39 is 5.97 Å². The molecule has 7 nitrogen and oxygen atoms in total. The molecule has 1 aromatic rings. The number of esters is 1. The lowest BCUT2D eigenvalue weighted by Gasteiger charge is -2.62. The second-order valence-corrected chi connectivity index (χ2v) is 15.4. The molecule has 4 fully saturated rings. The van der Waals surface area contributed by atoms with E-state index in [1.165, 1.54) is 37.7 Å². The normalized spacial score (nSPS) is 39.7. The van der Waals surface area contributed by atoms with Crippen LogP contribution in [0, 0.1) is 46.3 Å². The Morgan fingerprint density at radius 3 is 2.52 bits per heavy atom. The van der Waals surface area contributed by atoms with Gasteiger partial charge in [0.1, 0.15) is 0 Å². The van der Waals surface area contributed by atoms with Crippen LogP contribution >= 0.6 is 11.3 Å². The van der Waals surface area contributed by atoms with E-state index >= 15 is 0 Å². The summed E-state index contributed by atoms with van der Waals surface area (Å²) in [6.45, 7) is 11.1. The minimum atomic E-state index is -0.477. The molecule has 3 N–H and O–H groups in total. The summed E-state index contributed by atoms with van der Waals surface area (Å²) < 4.78 is 4.87. The van der Waals surface area contributed by atoms with Gasteiger partial charge in [-0.2, -0.15) is 0 Å². The number of aliphatic hydroxyl groups is 2. The van der Waals surface area contributed by atoms with Crippen LogP contribution in [-0.4, -0.2) is 46.4 Å². The van der Waals surface area contributed by atoms with E-state index in [4.69, 9.17) is 4.74 Å². The van der Waals surface area contributed by atoms with Gasteiger partial charge in [-0.25, -0.2) is 9.78 Å². The van der Waals surface area contributed by atoms with Crippen molar-refractivity contribution in [1.29, 1.82) is 0 Å². The number of carbonyl (C=O) groups is 2. The van der Waals surface area contributed by atoms with Gasteiger partial charge < -0.3 is 20.3 Å². The number of nitrogens with one attached hydrogen (secondary N) is 1. The zero-order chi connectivity index (χ0) is 29.0. The summed E-state index contributed by atoms with van der Waals surface area (Å²) in [5.74, 6) is 2.62. The zero-order valence-electron chi connectivity index (χ0n) is 25.2. The van der Waals surface area contributed by atoms with E-state index in [9.17, 15) is 19.8 Å². The molecular weight excluding hydrogens is 524 g/mol. The average molecular weight is 575 g/mol. The first kappa shape index (κ1) is 30.0. The predicted molar refractivity (Wildman–Crippen MR) is 157 cm³/mol. The average Bonchev–Trinajstić information content (AvgIpc) is 3.50. The van der Waals surface area contributed by atoms with Crippen molar-refractivity contribution < 1.29 is 24.5 Å². The number of thiazole rings is 1. The Morgan fingerprint density at radius 2 is 1.82 bits per heavy atom. The minimum absolute atomic E-state index is 0.0815. The van der Waals surface area contributed by atoms with E-state index in [-0.39, 0.29) is 40.6 Å². The van der Waals surface area contributed by atoms with Crippen molar-refractivity contribution in [3.63, 3.8) is 0 Å². The van der Waals surface area contributed by atoms with Crippen LogP contribution in [0.5, 0.6) is 0 Å². The molecule has 0 aliphatic heterocycles. The van der Waals surface area contributed by atoms with Gasteiger partial charge in [0.15, 0.2) is 10.8 Å². The summed E-state index contributed by atoms with van der Waals surface area (Å²) in [6, 6.07) is 0. The highest BCUT2D eigenvalue weighted by Crippen LogP contribution is 2.68. The Kier molecular flexibility index (Phi) is 8.46. The second kappa shape index (κ2) is 11.3. The first-order chi connectivity index (χ1) is 18.9. The summed E-state index contributed by atoms with van der Waals surface area (Å²) in [5.41, 5.74) is 0.421. The molecule has 1 heterocycles. The van der Waals surface area contributed by atoms with Crippen molar-refractivity contribution in [2.75, 3.05) is 12.4 Å². The van der Waals surface area contributed by atoms with Crippen molar-refractivity contribution in [2.45, 2.75) is 117 Å². The lowest BCUT2D eigenvalue weighted by atomic mass is 9.43. The molecule has 0 radical (unpaired) electrons. The molecule has 0 spiro atoms. The Morgan fingerprint density at radius 1 is 1.07 bits per heavy atom. The van der Waals surface area contributed by atoms with Crippen LogP contribution in [-0.2, 0) is 9.53 Å². The number of fused-ring (bicyclic) bond motifs is 5. The fourth-order valence-electron chi connectivity index (χ4n) is 9.92. The number of nitrogens with zero attached hydrogens (tertiary/aromatic N) is 1. The van der Waals surface area contributed by atoms with Crippen LogP contribution in [0.1, 0.15) is 120 Å². The van der Waals surface area contributed by atoms with Crippen molar-refractivity contribution in [3.05, 3.63) is 10.6 Å². The number of aliphatic hydroxyl groups excluding tert-OH is 2. The number of ether oxygens (including phenoxy) is 1. The van der Waals surface area contributed by atoms with Gasteiger partial charge in [-0.15, -0.1) is 11.3 Å². The summed E-state index contributed by atoms with van der Waals surface area (Å²) in [5, 5.41) is 25.5. The van der Waals surface area contributed by atoms with Crippen molar-refractivity contribution in [2.24, 2.45) is 46.3 Å². The fourth-order valence-corrected chi connectivity index (χ4v) is 10.9. The molecular formula is C32H50N2O5S. The third kappa shape index (κ3) is 5.04. The zero-order valence-corrected chi connectivity index (χ0v) is 26.1. The number of aromatic nitrogens is 1. The quantitative estimate of drug-likeness (QED) is 0.325. The van der Waals surface area contributed by atoms with E-state index in [0.29, 0.717) is 47.1 Å². The molecule has 4 saturated carbocycles. The molecule has 4 aliphatic rings. The van der Waals surface area contributed by atoms with Crippen LogP contribution in [0.4, 0.5) is 5.13 Å². The van der Waals surface area contributed by atoms with E-state index in [1.54, 1.807) is 0 Å². The molecule has 40 heavy (non-hydrogen) atoms. The van der Waals surface area contributed by atoms with Crippen LogP contribution in [0.25, 0.3) is 0 Å². The highest BCUT2D eigenvalue weighted by atomic mass is 32.1. The number of amides is 1. The maximum absolute atomic E-state index is 12.9. The highest BCUT2D eigenvalue weighted by Gasteiger charge is 2.63. The Bertz CT molecular complexity index is 1110. The molecule has 1 amide bonds. The van der Waals surface area contributed by atoms with Gasteiger partial charge in [0.05, 0.1) is 19.3 Å². The number of hydrogen-bond acceptors (Lipinski definition) is 7. The molecule has 10 atom stereocenters. The topological polar surface area (TPSA) is 109 Å². The third-order valence-corrected chi connectivity index (χ3v) is 13.4. The number of rotatable bonds is 7. The van der Waals surface area contributed by atoms with Crippen molar-refractivity contribution in [3.8, 4) is 0 Å². The lowest BCUT2D eigenvalue weighted by molar-refractivity contribution is -0.174. The van der Waals surface area contributed by atoms with E-state index in [0.717, 1.165) is 43.4 Å². The molecule has 5 rings (SSSR count). The Balaban J connectivity index is 1.23. The number of hydrogen-bond donors (Lipinski definition) is 3. The van der Waals surface area contributed by atoms with Crippen LogP contribution in [0.2, 0.25) is 0 Å². The standard InChI is InChI=1S/C32H50N2O5S/c1-17(2)28-27(29(38)39-6)34-30(40-28)33-26(37)12-7-18(3)22-10-11-23-21-9-8-19-15-20(35)13-14-31(19,4)24(21)16-25(36)32(22,23)5/h17-25,35-36H,7-16H2,1-6H3,(H,33,34,37)/t18-,19-,20-,21+,22-,23+,24+,25+,31+,32-/m1/s1. The van der Waals surface area contributed by atoms with Crippen molar-refractivity contribution >= 4 is 28.3 Å². The van der Waals surface area contributed by atoms with Crippen molar-refractivity contribution in [1.82, 2.24) is 4.98 Å². The lowest BCUT2D eigenvalue weighted by Crippen LogP contribution is -2.58. The monoisotopic (exact) mass is 574 g/mol. The Hall–Kier alpha value is -1.51. The third-order valence-electron chi connectivity index (χ3n) is 12.1. The van der Waals surface area contributed by atoms with Gasteiger partial charge in [0.25, 0.3) is 0 Å². The first-order valence-corrected chi connectivity index (χ1v) is 16.5. The fraction of sp³-hybridized carbons (Fsp3) is 0.844. The molecule has 8 heteroatoms. The van der Waals surface area contributed by atoms with Gasteiger partial charge in [-0.1, -0.05) is 34.6 Å². The predicted octanol–water partition coefficient (Wildman–Crippen LogP) is 6.40. The van der Waals surface area contributed by atoms with Crippen LogP contribution in [0.15, 0.2) is 0 Å². The maximum Gasteiger partial charge on any atom is 0.357 e. The van der Waals surface area contributed by atoms with E-state index in [1.807, 2.05) is 13.8 Å². The Labute approximate surface area is 243 Å². The van der Waals surface area contributed by atoms with E-state index in [2.05, 4.69) is 31.1 Å². The maximum atomic E-state index is 12.9. The van der Waals surface area contributed by atoms with Crippen LogP contribution < -0.4 is 5.32 Å². The molecule has 0 aromatic carbocycles. The second-order valence-electron chi connectivity index (χ2n) is 14.3. The van der Waals surface area contributed by atoms with Gasteiger partial charge >= 0.3 is 5.97 Å². The molecule has 0 bridgehead atoms. The summed E-state index contributed by atoms with van der Waals surface area (Å²) >= 11 is 1.34. The minimum Gasteiger partial charge on any atom is -0.464 e. The summed E-state index contributed by atoms with van der Waals surface area (Å²) in [6.07, 6.45) is 9.25. The molecule has 0 unspecified atom stereocenters. The molecule has 4 aliphatic carbocycles. The molecule has 1 aromatic heterocycles. The summed E-state index contributed by atoms with van der Waals surface area (Å²) in [7, 11) is 1.34. The van der Waals surface area contributed by atoms with Gasteiger partial charge in [0.2, 0.25) is 5.91 Å². The highest BCUT2D eigenvalue weighted by molar-refractivity contribution is 7.16. The van der Waals surface area contributed by atoms with Gasteiger partial charge in [-0.05, 0) is 110 Å². The number of methoxy groups -OCH3 is 1. The molecule has 224 valence electrons. The molecule has 0 saturated heterocycles. The largest absolute Gasteiger partial charge is 0.464 e. The number of carbonyl (C=O) groups excluding carboxylic acids is 2. The number of anilines is 1. The van der Waals surface area contributed by atoms with Gasteiger partial charge in [-0.3, -0.25) is 4.79 Å². The first-order valence-electron chi connectivity index (χ1n) is 15.6. The van der Waals surface area contributed by atoms with Crippen LogP contribution in [0.3, 0.4) is 0 Å². The summed E-state index contributed by atoms with van der Waals surface area (Å²) in [4.78, 5) is 30.3.